The molecule has 1 fully saturated rings. The van der Waals surface area contributed by atoms with Crippen molar-refractivity contribution in [3.8, 4) is 0 Å². The fourth-order valence-electron chi connectivity index (χ4n) is 4.21. The van der Waals surface area contributed by atoms with Crippen LogP contribution in [0.15, 0.2) is 12.1 Å². The highest BCUT2D eigenvalue weighted by Crippen LogP contribution is 2.42. The van der Waals surface area contributed by atoms with Gasteiger partial charge in [0.25, 0.3) is 0 Å². The molecule has 24 heavy (non-hydrogen) atoms. The minimum absolute atomic E-state index is 0.0690. The summed E-state index contributed by atoms with van der Waals surface area (Å²) in [4.78, 5) is 12.4. The van der Waals surface area contributed by atoms with E-state index in [1.54, 1.807) is 0 Å². The van der Waals surface area contributed by atoms with Crippen LogP contribution in [0.4, 0.5) is 0 Å². The summed E-state index contributed by atoms with van der Waals surface area (Å²) in [5.74, 6) is 0.416. The minimum Gasteiger partial charge on any atom is -0.465 e. The van der Waals surface area contributed by atoms with Gasteiger partial charge in [0, 0.05) is 5.02 Å². The molecule has 2 aliphatic carbocycles. The van der Waals surface area contributed by atoms with Crippen molar-refractivity contribution in [2.45, 2.75) is 83.0 Å². The van der Waals surface area contributed by atoms with Crippen molar-refractivity contribution in [2.24, 2.45) is 0 Å². The smallest absolute Gasteiger partial charge is 0.313 e. The van der Waals surface area contributed by atoms with Crippen LogP contribution in [-0.2, 0) is 16.0 Å². The van der Waals surface area contributed by atoms with Crippen molar-refractivity contribution >= 4 is 17.6 Å². The van der Waals surface area contributed by atoms with Crippen LogP contribution in [0.2, 0.25) is 5.02 Å². The fraction of sp³-hybridized carbons (Fsp3) is 0.667. The van der Waals surface area contributed by atoms with E-state index in [2.05, 4.69) is 19.1 Å². The van der Waals surface area contributed by atoms with E-state index in [1.165, 1.54) is 49.7 Å². The molecule has 0 amide bonds. The molecule has 1 aromatic carbocycles. The number of rotatable bonds is 5. The average molecular weight is 349 g/mol. The molecule has 0 N–H and O–H groups in total. The number of fused-ring (bicyclic) bond motifs is 1. The Bertz CT molecular complexity index is 573. The number of carbonyl (C=O) groups excluding carboxylic acids is 1. The Morgan fingerprint density at radius 1 is 1.12 bits per heavy atom. The van der Waals surface area contributed by atoms with E-state index in [4.69, 9.17) is 16.3 Å². The summed E-state index contributed by atoms with van der Waals surface area (Å²) in [6, 6.07) is 4.36. The first-order valence-corrected chi connectivity index (χ1v) is 10.1. The van der Waals surface area contributed by atoms with Crippen LogP contribution in [0.1, 0.15) is 93.2 Å². The van der Waals surface area contributed by atoms with Crippen LogP contribution in [0.25, 0.3) is 0 Å². The maximum absolute atomic E-state index is 12.4. The maximum Gasteiger partial charge on any atom is 0.313 e. The Balaban J connectivity index is 1.76. The lowest BCUT2D eigenvalue weighted by atomic mass is 9.89. The van der Waals surface area contributed by atoms with Crippen molar-refractivity contribution in [2.75, 3.05) is 6.61 Å². The number of hydrogen-bond donors (Lipinski definition) is 0. The molecule has 0 radical (unpaired) electrons. The predicted molar refractivity (Wildman–Crippen MR) is 98.8 cm³/mol. The van der Waals surface area contributed by atoms with Gasteiger partial charge in [-0.05, 0) is 60.8 Å². The molecule has 1 saturated carbocycles. The van der Waals surface area contributed by atoms with Crippen LogP contribution in [0.3, 0.4) is 0 Å². The van der Waals surface area contributed by atoms with Crippen LogP contribution in [-0.4, -0.2) is 12.6 Å². The number of benzene rings is 1. The second kappa shape index (κ2) is 8.38. The summed E-state index contributed by atoms with van der Waals surface area (Å²) in [6.45, 7) is 2.64. The molecule has 1 unspecified atom stereocenters. The van der Waals surface area contributed by atoms with Crippen molar-refractivity contribution in [3.05, 3.63) is 33.8 Å². The number of hydrogen-bond acceptors (Lipinski definition) is 2. The van der Waals surface area contributed by atoms with Gasteiger partial charge in [0.1, 0.15) is 0 Å². The molecule has 1 aromatic rings. The van der Waals surface area contributed by atoms with Crippen molar-refractivity contribution in [3.63, 3.8) is 0 Å². The lowest BCUT2D eigenvalue weighted by Crippen LogP contribution is -2.14. The first-order chi connectivity index (χ1) is 11.7. The molecular formula is C21H29ClO2. The highest BCUT2D eigenvalue weighted by Gasteiger charge is 2.31. The maximum atomic E-state index is 12.4. The second-order valence-electron chi connectivity index (χ2n) is 7.37. The lowest BCUT2D eigenvalue weighted by molar-refractivity contribution is -0.145. The van der Waals surface area contributed by atoms with Gasteiger partial charge < -0.3 is 4.74 Å². The van der Waals surface area contributed by atoms with Crippen LogP contribution in [0.5, 0.6) is 0 Å². The van der Waals surface area contributed by atoms with Crippen molar-refractivity contribution in [1.29, 1.82) is 0 Å². The van der Waals surface area contributed by atoms with E-state index in [-0.39, 0.29) is 11.9 Å². The molecule has 0 saturated heterocycles. The largest absolute Gasteiger partial charge is 0.465 e. The number of esters is 1. The highest BCUT2D eigenvalue weighted by atomic mass is 35.5. The Kier molecular flexibility index (Phi) is 6.21. The average Bonchev–Trinajstić information content (AvgIpc) is 2.80. The zero-order valence-electron chi connectivity index (χ0n) is 14.8. The van der Waals surface area contributed by atoms with Gasteiger partial charge in [-0.25, -0.2) is 0 Å². The first-order valence-electron chi connectivity index (χ1n) is 9.69. The van der Waals surface area contributed by atoms with Crippen LogP contribution in [0, 0.1) is 0 Å². The quantitative estimate of drug-likeness (QED) is 0.362. The zero-order chi connectivity index (χ0) is 16.9. The molecule has 2 aliphatic rings. The highest BCUT2D eigenvalue weighted by molar-refractivity contribution is 6.31. The molecule has 0 heterocycles. The van der Waals surface area contributed by atoms with Crippen molar-refractivity contribution in [1.82, 2.24) is 0 Å². The Labute approximate surface area is 150 Å². The van der Waals surface area contributed by atoms with E-state index in [1.807, 2.05) is 0 Å². The fourth-order valence-corrected chi connectivity index (χ4v) is 4.54. The molecule has 0 bridgehead atoms. The Morgan fingerprint density at radius 2 is 1.88 bits per heavy atom. The van der Waals surface area contributed by atoms with Crippen LogP contribution >= 0.6 is 11.6 Å². The normalized spacial score (nSPS) is 21.3. The summed E-state index contributed by atoms with van der Waals surface area (Å²) in [5, 5.41) is 0.855. The van der Waals surface area contributed by atoms with Gasteiger partial charge >= 0.3 is 5.97 Å². The summed E-state index contributed by atoms with van der Waals surface area (Å²) in [6.07, 6.45) is 11.6. The Hall–Kier alpha value is -1.02. The van der Waals surface area contributed by atoms with Gasteiger partial charge in [0.2, 0.25) is 0 Å². The summed E-state index contributed by atoms with van der Waals surface area (Å²) < 4.78 is 5.44. The van der Waals surface area contributed by atoms with Crippen molar-refractivity contribution < 1.29 is 9.53 Å². The van der Waals surface area contributed by atoms with E-state index in [0.717, 1.165) is 36.3 Å². The summed E-state index contributed by atoms with van der Waals surface area (Å²) in [7, 11) is 0. The van der Waals surface area contributed by atoms with Gasteiger partial charge in [0.05, 0.1) is 12.5 Å². The lowest BCUT2D eigenvalue weighted by Gasteiger charge is -2.19. The number of halogens is 1. The van der Waals surface area contributed by atoms with E-state index >= 15 is 0 Å². The molecular weight excluding hydrogens is 320 g/mol. The molecule has 2 nitrogen and oxygen atoms in total. The zero-order valence-corrected chi connectivity index (χ0v) is 15.5. The number of unbranched alkanes of at least 4 members (excludes halogenated alkanes) is 1. The third-order valence-corrected chi connectivity index (χ3v) is 5.99. The SMILES string of the molecule is CCCCOC(=O)C1CCc2cc(C3CCCCCC3)c(Cl)cc21. The standard InChI is InChI=1S/C21H29ClO2/c1-2-3-12-24-21(23)17-11-10-16-13-19(20(22)14-18(16)17)15-8-6-4-5-7-9-15/h13-15,17H,2-12H2,1H3. The monoisotopic (exact) mass is 348 g/mol. The first kappa shape index (κ1) is 17.8. The van der Waals surface area contributed by atoms with Gasteiger partial charge in [-0.1, -0.05) is 56.7 Å². The second-order valence-corrected chi connectivity index (χ2v) is 7.78. The number of aryl methyl sites for hydroxylation is 1. The molecule has 3 heteroatoms. The molecule has 0 spiro atoms. The summed E-state index contributed by atoms with van der Waals surface area (Å²) >= 11 is 6.64. The van der Waals surface area contributed by atoms with Gasteiger partial charge in [-0.2, -0.15) is 0 Å². The molecule has 3 rings (SSSR count). The van der Waals surface area contributed by atoms with E-state index in [0.29, 0.717) is 12.5 Å². The topological polar surface area (TPSA) is 26.3 Å². The van der Waals surface area contributed by atoms with Gasteiger partial charge in [0.15, 0.2) is 0 Å². The third-order valence-electron chi connectivity index (χ3n) is 5.66. The van der Waals surface area contributed by atoms with Crippen LogP contribution < -0.4 is 0 Å². The van der Waals surface area contributed by atoms with E-state index in [9.17, 15) is 4.79 Å². The molecule has 0 aromatic heterocycles. The van der Waals surface area contributed by atoms with Gasteiger partial charge in [-0.15, -0.1) is 0 Å². The predicted octanol–water partition coefficient (Wildman–Crippen LogP) is 6.15. The molecule has 1 atom stereocenters. The molecule has 0 aliphatic heterocycles. The third kappa shape index (κ3) is 3.96. The Morgan fingerprint density at radius 3 is 2.58 bits per heavy atom. The van der Waals surface area contributed by atoms with Gasteiger partial charge in [-0.3, -0.25) is 4.79 Å². The van der Waals surface area contributed by atoms with E-state index < -0.39 is 0 Å². The summed E-state index contributed by atoms with van der Waals surface area (Å²) in [5.41, 5.74) is 3.74. The number of ether oxygens (including phenoxy) is 1. The number of carbonyl (C=O) groups is 1. The minimum atomic E-state index is -0.113. The molecule has 132 valence electrons.